The molecule has 0 spiro atoms. The Morgan fingerprint density at radius 3 is 2.04 bits per heavy atom. The van der Waals surface area contributed by atoms with E-state index in [0.717, 1.165) is 6.42 Å². The van der Waals surface area contributed by atoms with Gasteiger partial charge in [0, 0.05) is 35.6 Å². The summed E-state index contributed by atoms with van der Waals surface area (Å²) in [7, 11) is 0. The number of rotatable bonds is 4. The summed E-state index contributed by atoms with van der Waals surface area (Å²) < 4.78 is 0. The Labute approximate surface area is 168 Å². The summed E-state index contributed by atoms with van der Waals surface area (Å²) in [5, 5.41) is 8.88. The molecular weight excluding hydrogens is 380 g/mol. The molecule has 3 rings (SSSR count). The molecule has 1 atom stereocenters. The van der Waals surface area contributed by atoms with E-state index in [1.807, 2.05) is 0 Å². The van der Waals surface area contributed by atoms with E-state index in [-0.39, 0.29) is 17.8 Å². The predicted octanol–water partition coefficient (Wildman–Crippen LogP) is 3.93. The molecule has 1 fully saturated rings. The van der Waals surface area contributed by atoms with Crippen molar-refractivity contribution in [1.82, 2.24) is 4.90 Å². The molecule has 28 heavy (non-hydrogen) atoms. The van der Waals surface area contributed by atoms with Crippen LogP contribution in [0.15, 0.2) is 48.5 Å². The number of likely N-dealkylation sites (tertiary alicyclic amines) is 1. The zero-order chi connectivity index (χ0) is 20.1. The maximum Gasteiger partial charge on any atom is 0.322 e. The summed E-state index contributed by atoms with van der Waals surface area (Å²) in [6.45, 7) is 1.94. The first-order valence-corrected chi connectivity index (χ1v) is 9.32. The van der Waals surface area contributed by atoms with Crippen molar-refractivity contribution in [2.45, 2.75) is 25.8 Å². The Morgan fingerprint density at radius 2 is 1.43 bits per heavy atom. The molecule has 0 bridgehead atoms. The Hall–Kier alpha value is -3.06. The second kappa shape index (κ2) is 8.75. The highest BCUT2D eigenvalue weighted by molar-refractivity contribution is 6.30. The van der Waals surface area contributed by atoms with Crippen LogP contribution in [0.1, 0.15) is 19.8 Å². The second-order valence-corrected chi connectivity index (χ2v) is 6.97. The molecule has 7 nitrogen and oxygen atoms in total. The Bertz CT molecular complexity index is 868. The SMILES string of the molecule is CC(=O)Nc1ccc(NC(=O)[C@@H]2CCCN2C(=O)Nc2ccc(Cl)cc2)cc1. The summed E-state index contributed by atoms with van der Waals surface area (Å²) in [5.74, 6) is -0.402. The van der Waals surface area contributed by atoms with E-state index in [9.17, 15) is 14.4 Å². The largest absolute Gasteiger partial charge is 0.326 e. The highest BCUT2D eigenvalue weighted by Gasteiger charge is 2.34. The molecule has 0 unspecified atom stereocenters. The van der Waals surface area contributed by atoms with Gasteiger partial charge in [0.05, 0.1) is 0 Å². The van der Waals surface area contributed by atoms with E-state index in [0.29, 0.717) is 35.1 Å². The molecule has 1 saturated heterocycles. The van der Waals surface area contributed by atoms with Gasteiger partial charge in [-0.15, -0.1) is 0 Å². The van der Waals surface area contributed by atoms with Gasteiger partial charge in [0.1, 0.15) is 6.04 Å². The van der Waals surface area contributed by atoms with Gasteiger partial charge < -0.3 is 20.9 Å². The average Bonchev–Trinajstić information content (AvgIpc) is 3.15. The first kappa shape index (κ1) is 19.7. The number of hydrogen-bond acceptors (Lipinski definition) is 3. The molecule has 1 aliphatic rings. The number of carbonyl (C=O) groups excluding carboxylic acids is 3. The molecule has 2 aromatic rings. The molecule has 8 heteroatoms. The average molecular weight is 401 g/mol. The van der Waals surface area contributed by atoms with Crippen LogP contribution in [-0.2, 0) is 9.59 Å². The molecule has 4 amide bonds. The summed E-state index contributed by atoms with van der Waals surface area (Å²) >= 11 is 5.85. The first-order valence-electron chi connectivity index (χ1n) is 8.94. The third kappa shape index (κ3) is 5.01. The lowest BCUT2D eigenvalue weighted by molar-refractivity contribution is -0.119. The van der Waals surface area contributed by atoms with Crippen LogP contribution in [0.25, 0.3) is 0 Å². The lowest BCUT2D eigenvalue weighted by Crippen LogP contribution is -2.45. The molecule has 0 radical (unpaired) electrons. The summed E-state index contributed by atoms with van der Waals surface area (Å²) in [6, 6.07) is 12.8. The van der Waals surface area contributed by atoms with Crippen molar-refractivity contribution in [3.8, 4) is 0 Å². The number of hydrogen-bond donors (Lipinski definition) is 3. The van der Waals surface area contributed by atoms with Gasteiger partial charge in [0.25, 0.3) is 0 Å². The van der Waals surface area contributed by atoms with E-state index in [1.54, 1.807) is 48.5 Å². The van der Waals surface area contributed by atoms with Crippen molar-refractivity contribution < 1.29 is 14.4 Å². The van der Waals surface area contributed by atoms with Crippen molar-refractivity contribution in [2.24, 2.45) is 0 Å². The maximum atomic E-state index is 12.7. The smallest absolute Gasteiger partial charge is 0.322 e. The van der Waals surface area contributed by atoms with Crippen LogP contribution in [-0.4, -0.2) is 35.3 Å². The molecule has 0 aromatic heterocycles. The van der Waals surface area contributed by atoms with Crippen LogP contribution in [0, 0.1) is 0 Å². The van der Waals surface area contributed by atoms with E-state index < -0.39 is 6.04 Å². The minimum atomic E-state index is -0.540. The van der Waals surface area contributed by atoms with E-state index in [2.05, 4.69) is 16.0 Å². The standard InChI is InChI=1S/C20H21ClN4O3/c1-13(26)22-15-8-10-16(11-9-15)23-19(27)18-3-2-12-25(18)20(28)24-17-6-4-14(21)5-7-17/h4-11,18H,2-3,12H2,1H3,(H,22,26)(H,23,27)(H,24,28)/t18-/m0/s1. The summed E-state index contributed by atoms with van der Waals surface area (Å²) in [4.78, 5) is 37.8. The number of halogens is 1. The quantitative estimate of drug-likeness (QED) is 0.726. The van der Waals surface area contributed by atoms with Crippen LogP contribution in [0.2, 0.25) is 5.02 Å². The zero-order valence-electron chi connectivity index (χ0n) is 15.4. The van der Waals surface area contributed by atoms with Gasteiger partial charge in [-0.25, -0.2) is 4.79 Å². The molecule has 2 aromatic carbocycles. The van der Waals surface area contributed by atoms with Crippen LogP contribution in [0.5, 0.6) is 0 Å². The fourth-order valence-corrected chi connectivity index (χ4v) is 3.20. The molecule has 0 aliphatic carbocycles. The molecule has 1 aliphatic heterocycles. The van der Waals surface area contributed by atoms with Crippen molar-refractivity contribution in [3.63, 3.8) is 0 Å². The minimum Gasteiger partial charge on any atom is -0.326 e. The highest BCUT2D eigenvalue weighted by Crippen LogP contribution is 2.22. The van der Waals surface area contributed by atoms with Crippen LogP contribution in [0.3, 0.4) is 0 Å². The fourth-order valence-electron chi connectivity index (χ4n) is 3.08. The van der Waals surface area contributed by atoms with Gasteiger partial charge in [-0.2, -0.15) is 0 Å². The summed E-state index contributed by atoms with van der Waals surface area (Å²) in [5.41, 5.74) is 1.87. The molecule has 0 saturated carbocycles. The van der Waals surface area contributed by atoms with Crippen molar-refractivity contribution >= 4 is 46.5 Å². The van der Waals surface area contributed by atoms with Crippen molar-refractivity contribution in [3.05, 3.63) is 53.6 Å². The predicted molar refractivity (Wildman–Crippen MR) is 110 cm³/mol. The van der Waals surface area contributed by atoms with Crippen molar-refractivity contribution in [2.75, 3.05) is 22.5 Å². The van der Waals surface area contributed by atoms with Gasteiger partial charge in [-0.1, -0.05) is 11.6 Å². The number of anilines is 3. The third-order valence-electron chi connectivity index (χ3n) is 4.38. The third-order valence-corrected chi connectivity index (χ3v) is 4.64. The number of carbonyl (C=O) groups is 3. The second-order valence-electron chi connectivity index (χ2n) is 6.54. The van der Waals surface area contributed by atoms with Gasteiger partial charge in [-0.05, 0) is 61.4 Å². The van der Waals surface area contributed by atoms with E-state index >= 15 is 0 Å². The van der Waals surface area contributed by atoms with Crippen LogP contribution < -0.4 is 16.0 Å². The normalized spacial score (nSPS) is 15.8. The van der Waals surface area contributed by atoms with Gasteiger partial charge in [-0.3, -0.25) is 9.59 Å². The van der Waals surface area contributed by atoms with Crippen LogP contribution >= 0.6 is 11.6 Å². The topological polar surface area (TPSA) is 90.5 Å². The van der Waals surface area contributed by atoms with Gasteiger partial charge in [0.2, 0.25) is 11.8 Å². The first-order chi connectivity index (χ1) is 13.4. The highest BCUT2D eigenvalue weighted by atomic mass is 35.5. The van der Waals surface area contributed by atoms with Crippen molar-refractivity contribution in [1.29, 1.82) is 0 Å². The summed E-state index contributed by atoms with van der Waals surface area (Å²) in [6.07, 6.45) is 1.36. The lowest BCUT2D eigenvalue weighted by atomic mass is 10.2. The molecule has 1 heterocycles. The minimum absolute atomic E-state index is 0.162. The zero-order valence-corrected chi connectivity index (χ0v) is 16.1. The van der Waals surface area contributed by atoms with Crippen LogP contribution in [0.4, 0.5) is 21.9 Å². The monoisotopic (exact) mass is 400 g/mol. The Morgan fingerprint density at radius 1 is 0.893 bits per heavy atom. The van der Waals surface area contributed by atoms with Gasteiger partial charge in [0.15, 0.2) is 0 Å². The molecule has 146 valence electrons. The molecular formula is C20H21ClN4O3. The lowest BCUT2D eigenvalue weighted by Gasteiger charge is -2.24. The van der Waals surface area contributed by atoms with E-state index in [4.69, 9.17) is 11.6 Å². The maximum absolute atomic E-state index is 12.7. The number of amides is 4. The number of nitrogens with zero attached hydrogens (tertiary/aromatic N) is 1. The Balaban J connectivity index is 1.61. The van der Waals surface area contributed by atoms with E-state index in [1.165, 1.54) is 11.8 Å². The number of benzene rings is 2. The molecule has 3 N–H and O–H groups in total. The Kier molecular flexibility index (Phi) is 6.16. The number of urea groups is 1. The number of nitrogens with one attached hydrogen (secondary N) is 3. The fraction of sp³-hybridized carbons (Fsp3) is 0.250. The van der Waals surface area contributed by atoms with Gasteiger partial charge >= 0.3 is 6.03 Å².